The Morgan fingerprint density at radius 2 is 2.24 bits per heavy atom. The molecule has 1 aromatic rings. The van der Waals surface area contributed by atoms with E-state index in [1.54, 1.807) is 6.92 Å². The van der Waals surface area contributed by atoms with Crippen molar-refractivity contribution in [2.45, 2.75) is 32.7 Å². The summed E-state index contributed by atoms with van der Waals surface area (Å²) >= 11 is 0.950. The molecule has 17 heavy (non-hydrogen) atoms. The van der Waals surface area contributed by atoms with Crippen LogP contribution in [-0.2, 0) is 4.79 Å². The highest BCUT2D eigenvalue weighted by molar-refractivity contribution is 7.11. The average Bonchev–Trinajstić information content (AvgIpc) is 2.60. The van der Waals surface area contributed by atoms with Gasteiger partial charge in [0.05, 0.1) is 11.7 Å². The summed E-state index contributed by atoms with van der Waals surface area (Å²) in [5.74, 6) is -1.48. The van der Waals surface area contributed by atoms with Gasteiger partial charge in [0.15, 0.2) is 0 Å². The van der Waals surface area contributed by atoms with Gasteiger partial charge < -0.3 is 16.2 Å². The Morgan fingerprint density at radius 1 is 1.59 bits per heavy atom. The SMILES string of the molecule is CCC[C@@H](N)C(=O)Nc1snc(C)c1C(=O)O. The minimum Gasteiger partial charge on any atom is -0.478 e. The van der Waals surface area contributed by atoms with Crippen LogP contribution >= 0.6 is 11.5 Å². The first kappa shape index (κ1) is 13.6. The van der Waals surface area contributed by atoms with E-state index in [2.05, 4.69) is 9.69 Å². The maximum absolute atomic E-state index is 11.6. The number of nitrogens with two attached hydrogens (primary N) is 1. The molecular weight excluding hydrogens is 242 g/mol. The van der Waals surface area contributed by atoms with Crippen LogP contribution in [0, 0.1) is 6.92 Å². The van der Waals surface area contributed by atoms with Gasteiger partial charge in [0.1, 0.15) is 10.6 Å². The van der Waals surface area contributed by atoms with Crippen molar-refractivity contribution in [2.24, 2.45) is 5.73 Å². The number of hydrogen-bond acceptors (Lipinski definition) is 5. The molecule has 1 aromatic heterocycles. The molecule has 0 aliphatic carbocycles. The van der Waals surface area contributed by atoms with Gasteiger partial charge in [0.25, 0.3) is 0 Å². The fraction of sp³-hybridized carbons (Fsp3) is 0.500. The Bertz CT molecular complexity index is 430. The molecule has 1 amide bonds. The van der Waals surface area contributed by atoms with E-state index < -0.39 is 12.0 Å². The van der Waals surface area contributed by atoms with Gasteiger partial charge in [-0.2, -0.15) is 4.37 Å². The third kappa shape index (κ3) is 3.24. The van der Waals surface area contributed by atoms with Crippen molar-refractivity contribution in [3.8, 4) is 0 Å². The Kier molecular flexibility index (Phi) is 4.59. The van der Waals surface area contributed by atoms with Crippen molar-refractivity contribution < 1.29 is 14.7 Å². The van der Waals surface area contributed by atoms with Gasteiger partial charge in [-0.15, -0.1) is 0 Å². The van der Waals surface area contributed by atoms with E-state index in [4.69, 9.17) is 10.8 Å². The van der Waals surface area contributed by atoms with E-state index in [1.807, 2.05) is 6.92 Å². The normalized spacial score (nSPS) is 12.2. The Morgan fingerprint density at radius 3 is 2.76 bits per heavy atom. The maximum Gasteiger partial charge on any atom is 0.340 e. The second-order valence-electron chi connectivity index (χ2n) is 3.66. The lowest BCUT2D eigenvalue weighted by Crippen LogP contribution is -2.35. The number of aromatic carboxylic acids is 1. The summed E-state index contributed by atoms with van der Waals surface area (Å²) in [6.07, 6.45) is 1.36. The molecule has 0 radical (unpaired) electrons. The molecule has 94 valence electrons. The zero-order valence-electron chi connectivity index (χ0n) is 9.69. The lowest BCUT2D eigenvalue weighted by molar-refractivity contribution is -0.117. The number of aryl methyl sites for hydroxylation is 1. The van der Waals surface area contributed by atoms with Crippen molar-refractivity contribution in [3.05, 3.63) is 11.3 Å². The van der Waals surface area contributed by atoms with Crippen LogP contribution in [-0.4, -0.2) is 27.4 Å². The lowest BCUT2D eigenvalue weighted by atomic mass is 10.1. The van der Waals surface area contributed by atoms with Crippen molar-refractivity contribution in [3.63, 3.8) is 0 Å². The summed E-state index contributed by atoms with van der Waals surface area (Å²) < 4.78 is 3.90. The minimum atomic E-state index is -1.10. The summed E-state index contributed by atoms with van der Waals surface area (Å²) in [7, 11) is 0. The molecule has 1 rings (SSSR count). The van der Waals surface area contributed by atoms with Crippen LogP contribution in [0.25, 0.3) is 0 Å². The highest BCUT2D eigenvalue weighted by atomic mass is 32.1. The minimum absolute atomic E-state index is 0.0343. The second-order valence-corrected chi connectivity index (χ2v) is 4.44. The molecule has 0 unspecified atom stereocenters. The first-order chi connectivity index (χ1) is 7.97. The molecule has 1 atom stereocenters. The number of rotatable bonds is 5. The summed E-state index contributed by atoms with van der Waals surface area (Å²) in [5.41, 5.74) is 6.06. The fourth-order valence-electron chi connectivity index (χ4n) is 1.35. The van der Waals surface area contributed by atoms with Crippen molar-refractivity contribution in [1.29, 1.82) is 0 Å². The molecule has 6 nitrogen and oxygen atoms in total. The zero-order chi connectivity index (χ0) is 13.0. The predicted molar refractivity (Wildman–Crippen MR) is 65.3 cm³/mol. The van der Waals surface area contributed by atoms with Gasteiger partial charge >= 0.3 is 5.97 Å². The number of nitrogens with zero attached hydrogens (tertiary/aromatic N) is 1. The Hall–Kier alpha value is -1.47. The number of aromatic nitrogens is 1. The number of carboxylic acids is 1. The molecule has 0 aromatic carbocycles. The highest BCUT2D eigenvalue weighted by Crippen LogP contribution is 2.24. The number of nitrogens with one attached hydrogen (secondary N) is 1. The maximum atomic E-state index is 11.6. The van der Waals surface area contributed by atoms with E-state index >= 15 is 0 Å². The van der Waals surface area contributed by atoms with Crippen LogP contribution in [0.3, 0.4) is 0 Å². The molecule has 7 heteroatoms. The first-order valence-electron chi connectivity index (χ1n) is 5.23. The third-order valence-corrected chi connectivity index (χ3v) is 3.10. The quantitative estimate of drug-likeness (QED) is 0.735. The predicted octanol–water partition coefficient (Wildman–Crippen LogP) is 1.22. The monoisotopic (exact) mass is 257 g/mol. The van der Waals surface area contributed by atoms with Crippen LogP contribution in [0.2, 0.25) is 0 Å². The summed E-state index contributed by atoms with van der Waals surface area (Å²) in [5, 5.41) is 11.7. The van der Waals surface area contributed by atoms with Crippen LogP contribution < -0.4 is 11.1 Å². The highest BCUT2D eigenvalue weighted by Gasteiger charge is 2.21. The van der Waals surface area contributed by atoms with Gasteiger partial charge in [-0.3, -0.25) is 4.79 Å². The molecule has 0 saturated heterocycles. The topological polar surface area (TPSA) is 105 Å². The molecule has 0 bridgehead atoms. The molecule has 0 fully saturated rings. The second kappa shape index (κ2) is 5.74. The summed E-state index contributed by atoms with van der Waals surface area (Å²) in [6.45, 7) is 3.51. The number of anilines is 1. The molecule has 1 heterocycles. The van der Waals surface area contributed by atoms with E-state index in [9.17, 15) is 9.59 Å². The lowest BCUT2D eigenvalue weighted by Gasteiger charge is -2.09. The smallest absolute Gasteiger partial charge is 0.340 e. The molecule has 0 aliphatic rings. The average molecular weight is 257 g/mol. The first-order valence-corrected chi connectivity index (χ1v) is 6.00. The van der Waals surface area contributed by atoms with Crippen LogP contribution in [0.5, 0.6) is 0 Å². The van der Waals surface area contributed by atoms with Crippen LogP contribution in [0.4, 0.5) is 5.00 Å². The molecule has 0 aliphatic heterocycles. The van der Waals surface area contributed by atoms with Gasteiger partial charge in [0, 0.05) is 0 Å². The van der Waals surface area contributed by atoms with E-state index in [0.717, 1.165) is 18.0 Å². The van der Waals surface area contributed by atoms with Gasteiger partial charge in [-0.1, -0.05) is 13.3 Å². The van der Waals surface area contributed by atoms with Gasteiger partial charge in [-0.05, 0) is 24.9 Å². The molecular formula is C10H15N3O3S. The van der Waals surface area contributed by atoms with Crippen LogP contribution in [0.15, 0.2) is 0 Å². The molecule has 4 N–H and O–H groups in total. The van der Waals surface area contributed by atoms with E-state index in [1.165, 1.54) is 0 Å². The van der Waals surface area contributed by atoms with Crippen molar-refractivity contribution >= 4 is 28.4 Å². The van der Waals surface area contributed by atoms with E-state index in [0.29, 0.717) is 12.1 Å². The molecule has 0 saturated carbocycles. The van der Waals surface area contributed by atoms with Crippen LogP contribution in [0.1, 0.15) is 35.8 Å². The Balaban J connectivity index is 2.82. The van der Waals surface area contributed by atoms with Gasteiger partial charge in [-0.25, -0.2) is 4.79 Å². The third-order valence-electron chi connectivity index (χ3n) is 2.25. The van der Waals surface area contributed by atoms with Gasteiger partial charge in [0.2, 0.25) is 5.91 Å². The number of carboxylic acid groups (broad SMARTS) is 1. The number of carbonyl (C=O) groups excluding carboxylic acids is 1. The zero-order valence-corrected chi connectivity index (χ0v) is 10.5. The standard InChI is InChI=1S/C10H15N3O3S/c1-3-4-6(11)8(14)12-9-7(10(15)16)5(2)13-17-9/h6H,3-4,11H2,1-2H3,(H,12,14)(H,15,16)/t6-/m1/s1. The van der Waals surface area contributed by atoms with E-state index in [-0.39, 0.29) is 16.5 Å². The largest absolute Gasteiger partial charge is 0.478 e. The number of hydrogen-bond donors (Lipinski definition) is 3. The van der Waals surface area contributed by atoms with Crippen molar-refractivity contribution in [2.75, 3.05) is 5.32 Å². The summed E-state index contributed by atoms with van der Waals surface area (Å²) in [4.78, 5) is 22.6. The van der Waals surface area contributed by atoms with Crippen molar-refractivity contribution in [1.82, 2.24) is 4.37 Å². The molecule has 0 spiro atoms. The summed E-state index contributed by atoms with van der Waals surface area (Å²) in [6, 6.07) is -0.621. The Labute approximate surface area is 103 Å². The number of amides is 1. The number of carbonyl (C=O) groups is 2. The fourth-order valence-corrected chi connectivity index (χ4v) is 2.15.